The lowest BCUT2D eigenvalue weighted by Crippen LogP contribution is -2.39. The highest BCUT2D eigenvalue weighted by molar-refractivity contribution is 7.90. The molecule has 1 fully saturated rings. The molecule has 0 saturated carbocycles. The van der Waals surface area contributed by atoms with Gasteiger partial charge in [-0.2, -0.15) is 12.7 Å². The smallest absolute Gasteiger partial charge is 0.337 e. The van der Waals surface area contributed by atoms with Gasteiger partial charge in [0.15, 0.2) is 0 Å². The number of carboxylic acids is 1. The van der Waals surface area contributed by atoms with E-state index in [4.69, 9.17) is 9.84 Å². The van der Waals surface area contributed by atoms with Crippen LogP contribution in [0.15, 0.2) is 18.2 Å². The minimum absolute atomic E-state index is 0.00687. The number of carbonyl (C=O) groups is 1. The van der Waals surface area contributed by atoms with Crippen LogP contribution in [0.5, 0.6) is 5.75 Å². The standard InChI is InChI=1S/C13H18N2O5S/c1-20-10-5-6-11(13(16)17)12(9-10)14-21(18,19)15-7-3-2-4-8-15/h5-6,9,14H,2-4,7-8H2,1H3,(H,16,17). The predicted octanol–water partition coefficient (Wildman–Crippen LogP) is 1.54. The normalized spacial score (nSPS) is 16.4. The number of anilines is 1. The third-order valence-electron chi connectivity index (χ3n) is 3.35. The molecule has 0 aromatic heterocycles. The summed E-state index contributed by atoms with van der Waals surface area (Å²) < 4.78 is 33.3. The van der Waals surface area contributed by atoms with Gasteiger partial charge in [0, 0.05) is 19.2 Å². The van der Waals surface area contributed by atoms with Crippen molar-refractivity contribution in [3.63, 3.8) is 0 Å². The number of aromatic carboxylic acids is 1. The maximum absolute atomic E-state index is 12.3. The molecule has 0 amide bonds. The van der Waals surface area contributed by atoms with E-state index in [9.17, 15) is 13.2 Å². The van der Waals surface area contributed by atoms with Crippen molar-refractivity contribution in [1.29, 1.82) is 0 Å². The van der Waals surface area contributed by atoms with E-state index >= 15 is 0 Å². The summed E-state index contributed by atoms with van der Waals surface area (Å²) in [6.07, 6.45) is 2.63. The molecule has 0 radical (unpaired) electrons. The van der Waals surface area contributed by atoms with Gasteiger partial charge in [-0.3, -0.25) is 4.72 Å². The largest absolute Gasteiger partial charge is 0.497 e. The predicted molar refractivity (Wildman–Crippen MR) is 77.9 cm³/mol. The molecule has 1 saturated heterocycles. The van der Waals surface area contributed by atoms with Crippen LogP contribution < -0.4 is 9.46 Å². The summed E-state index contributed by atoms with van der Waals surface area (Å²) in [5.41, 5.74) is -0.108. The Labute approximate surface area is 123 Å². The molecule has 1 aromatic carbocycles. The lowest BCUT2D eigenvalue weighted by Gasteiger charge is -2.26. The first-order chi connectivity index (χ1) is 9.94. The molecule has 2 rings (SSSR count). The summed E-state index contributed by atoms with van der Waals surface area (Å²) >= 11 is 0. The molecule has 0 aliphatic carbocycles. The highest BCUT2D eigenvalue weighted by Crippen LogP contribution is 2.25. The van der Waals surface area contributed by atoms with Crippen molar-refractivity contribution in [3.05, 3.63) is 23.8 Å². The van der Waals surface area contributed by atoms with Crippen LogP contribution in [0.2, 0.25) is 0 Å². The molecule has 1 aliphatic heterocycles. The van der Waals surface area contributed by atoms with E-state index in [1.165, 1.54) is 29.6 Å². The second-order valence-electron chi connectivity index (χ2n) is 4.78. The topological polar surface area (TPSA) is 95.9 Å². The number of nitrogens with one attached hydrogen (secondary N) is 1. The average Bonchev–Trinajstić information content (AvgIpc) is 2.47. The summed E-state index contributed by atoms with van der Waals surface area (Å²) in [6.45, 7) is 0.892. The van der Waals surface area contributed by atoms with Gasteiger partial charge < -0.3 is 9.84 Å². The third-order valence-corrected chi connectivity index (χ3v) is 4.87. The third kappa shape index (κ3) is 3.64. The van der Waals surface area contributed by atoms with E-state index in [1.54, 1.807) is 0 Å². The van der Waals surface area contributed by atoms with Crippen molar-refractivity contribution < 1.29 is 23.1 Å². The number of hydrogen-bond donors (Lipinski definition) is 2. The molecule has 0 spiro atoms. The summed E-state index contributed by atoms with van der Waals surface area (Å²) in [5, 5.41) is 9.15. The zero-order valence-electron chi connectivity index (χ0n) is 11.7. The van der Waals surface area contributed by atoms with E-state index < -0.39 is 16.2 Å². The van der Waals surface area contributed by atoms with Gasteiger partial charge in [0.1, 0.15) is 5.75 Å². The van der Waals surface area contributed by atoms with Gasteiger partial charge in [0.05, 0.1) is 18.4 Å². The second kappa shape index (κ2) is 6.31. The summed E-state index contributed by atoms with van der Waals surface area (Å²) in [7, 11) is -2.32. The average molecular weight is 314 g/mol. The fraction of sp³-hybridized carbons (Fsp3) is 0.462. The fourth-order valence-electron chi connectivity index (χ4n) is 2.23. The number of benzene rings is 1. The number of carboxylic acid groups (broad SMARTS) is 1. The van der Waals surface area contributed by atoms with Gasteiger partial charge in [-0.05, 0) is 25.0 Å². The van der Waals surface area contributed by atoms with Crippen molar-refractivity contribution in [2.24, 2.45) is 0 Å². The Kier molecular flexibility index (Phi) is 4.69. The first kappa shape index (κ1) is 15.6. The number of hydrogen-bond acceptors (Lipinski definition) is 4. The quantitative estimate of drug-likeness (QED) is 0.859. The van der Waals surface area contributed by atoms with E-state index in [0.717, 1.165) is 19.3 Å². The molecule has 1 heterocycles. The molecule has 1 aromatic rings. The number of rotatable bonds is 5. The zero-order valence-corrected chi connectivity index (χ0v) is 12.5. The SMILES string of the molecule is COc1ccc(C(=O)O)c(NS(=O)(=O)N2CCCCC2)c1. The second-order valence-corrected chi connectivity index (χ2v) is 6.45. The summed E-state index contributed by atoms with van der Waals surface area (Å²) in [5.74, 6) is -0.814. The van der Waals surface area contributed by atoms with E-state index in [2.05, 4.69) is 4.72 Å². The van der Waals surface area contributed by atoms with Gasteiger partial charge >= 0.3 is 16.2 Å². The van der Waals surface area contributed by atoms with Crippen LogP contribution in [0.3, 0.4) is 0 Å². The first-order valence-corrected chi connectivity index (χ1v) is 8.07. The summed E-state index contributed by atoms with van der Waals surface area (Å²) in [4.78, 5) is 11.2. The Hall–Kier alpha value is -1.80. The van der Waals surface area contributed by atoms with Crippen LogP contribution in [0.25, 0.3) is 0 Å². The number of nitrogens with zero attached hydrogens (tertiary/aromatic N) is 1. The molecule has 0 atom stereocenters. The van der Waals surface area contributed by atoms with Crippen LogP contribution in [0, 0.1) is 0 Å². The Bertz CT molecular complexity index is 623. The zero-order chi connectivity index (χ0) is 15.5. The molecule has 2 N–H and O–H groups in total. The van der Waals surface area contributed by atoms with Gasteiger partial charge in [-0.25, -0.2) is 4.79 Å². The molecule has 0 bridgehead atoms. The van der Waals surface area contributed by atoms with Crippen molar-refractivity contribution in [2.45, 2.75) is 19.3 Å². The van der Waals surface area contributed by atoms with Crippen LogP contribution in [0.1, 0.15) is 29.6 Å². The highest BCUT2D eigenvalue weighted by Gasteiger charge is 2.25. The van der Waals surface area contributed by atoms with Gasteiger partial charge in [0.2, 0.25) is 0 Å². The van der Waals surface area contributed by atoms with Gasteiger partial charge in [0.25, 0.3) is 0 Å². The summed E-state index contributed by atoms with van der Waals surface area (Å²) in [6, 6.07) is 4.16. The molecule has 21 heavy (non-hydrogen) atoms. The maximum Gasteiger partial charge on any atom is 0.337 e. The highest BCUT2D eigenvalue weighted by atomic mass is 32.2. The molecular weight excluding hydrogens is 296 g/mol. The molecule has 0 unspecified atom stereocenters. The van der Waals surface area contributed by atoms with Crippen LogP contribution in [0.4, 0.5) is 5.69 Å². The lowest BCUT2D eigenvalue weighted by molar-refractivity contribution is 0.0698. The minimum Gasteiger partial charge on any atom is -0.497 e. The number of ether oxygens (including phenoxy) is 1. The Balaban J connectivity index is 2.30. The van der Waals surface area contributed by atoms with Crippen LogP contribution in [-0.2, 0) is 10.2 Å². The van der Waals surface area contributed by atoms with Crippen molar-refractivity contribution >= 4 is 21.9 Å². The van der Waals surface area contributed by atoms with Crippen molar-refractivity contribution in [1.82, 2.24) is 4.31 Å². The van der Waals surface area contributed by atoms with Gasteiger partial charge in [-0.1, -0.05) is 6.42 Å². The molecule has 116 valence electrons. The lowest BCUT2D eigenvalue weighted by atomic mass is 10.2. The van der Waals surface area contributed by atoms with E-state index in [0.29, 0.717) is 18.8 Å². The molecule has 1 aliphatic rings. The molecular formula is C13H18N2O5S. The Morgan fingerprint density at radius 2 is 1.95 bits per heavy atom. The van der Waals surface area contributed by atoms with Crippen LogP contribution in [-0.4, -0.2) is 44.0 Å². The van der Waals surface area contributed by atoms with Crippen LogP contribution >= 0.6 is 0 Å². The molecule has 7 nitrogen and oxygen atoms in total. The minimum atomic E-state index is -3.75. The van der Waals surface area contributed by atoms with E-state index in [1.807, 2.05) is 0 Å². The number of methoxy groups -OCH3 is 1. The Morgan fingerprint density at radius 1 is 1.29 bits per heavy atom. The van der Waals surface area contributed by atoms with Crippen molar-refractivity contribution in [3.8, 4) is 5.75 Å². The van der Waals surface area contributed by atoms with Crippen molar-refractivity contribution in [2.75, 3.05) is 24.9 Å². The molecule has 8 heteroatoms. The maximum atomic E-state index is 12.3. The fourth-order valence-corrected chi connectivity index (χ4v) is 3.54. The van der Waals surface area contributed by atoms with E-state index in [-0.39, 0.29) is 11.3 Å². The first-order valence-electron chi connectivity index (χ1n) is 6.63. The van der Waals surface area contributed by atoms with Gasteiger partial charge in [-0.15, -0.1) is 0 Å². The monoisotopic (exact) mass is 314 g/mol. The Morgan fingerprint density at radius 3 is 2.52 bits per heavy atom. The number of piperidine rings is 1.